The van der Waals surface area contributed by atoms with Crippen LogP contribution >= 0.6 is 0 Å². The van der Waals surface area contributed by atoms with Crippen LogP contribution in [0.4, 0.5) is 5.69 Å². The fraction of sp³-hybridized carbons (Fsp3) is 0.476. The molecule has 2 aromatic rings. The first-order chi connectivity index (χ1) is 12.9. The molecule has 2 heterocycles. The fourth-order valence-corrected chi connectivity index (χ4v) is 3.74. The summed E-state index contributed by atoms with van der Waals surface area (Å²) in [6.45, 7) is 8.83. The van der Waals surface area contributed by atoms with E-state index in [1.165, 1.54) is 11.3 Å². The molecule has 0 saturated carbocycles. The largest absolute Gasteiger partial charge is 0.371 e. The maximum absolute atomic E-state index is 12.2. The van der Waals surface area contributed by atoms with Gasteiger partial charge in [0.1, 0.15) is 0 Å². The quantitative estimate of drug-likeness (QED) is 0.849. The number of rotatable bonds is 6. The molecular weight excluding hydrogens is 340 g/mol. The van der Waals surface area contributed by atoms with Gasteiger partial charge in [-0.05, 0) is 50.8 Å². The lowest BCUT2D eigenvalue weighted by Crippen LogP contribution is -2.33. The van der Waals surface area contributed by atoms with Crippen molar-refractivity contribution in [2.24, 2.45) is 5.92 Å². The third-order valence-electron chi connectivity index (χ3n) is 5.24. The number of benzene rings is 1. The van der Waals surface area contributed by atoms with E-state index in [2.05, 4.69) is 46.4 Å². The normalized spacial score (nSPS) is 16.6. The average Bonchev–Trinajstić information content (AvgIpc) is 3.08. The van der Waals surface area contributed by atoms with Crippen molar-refractivity contribution in [3.8, 4) is 0 Å². The minimum absolute atomic E-state index is 0.0174. The second-order valence-electron chi connectivity index (χ2n) is 7.41. The van der Waals surface area contributed by atoms with Gasteiger partial charge in [-0.1, -0.05) is 18.2 Å². The number of nitrogens with zero attached hydrogens (tertiary/aromatic N) is 3. The Labute approximate surface area is 160 Å². The molecule has 3 rings (SSSR count). The van der Waals surface area contributed by atoms with E-state index in [1.54, 1.807) is 11.5 Å². The molecule has 1 saturated heterocycles. The van der Waals surface area contributed by atoms with Gasteiger partial charge in [0.25, 0.3) is 0 Å². The lowest BCUT2D eigenvalue weighted by atomic mass is 10.1. The number of para-hydroxylation sites is 1. The number of aryl methyl sites for hydroxylation is 3. The highest BCUT2D eigenvalue weighted by Crippen LogP contribution is 2.26. The smallest absolute Gasteiger partial charge is 0.347 e. The highest BCUT2D eigenvalue weighted by molar-refractivity contribution is 5.75. The Hall–Kier alpha value is -2.63. The van der Waals surface area contributed by atoms with Gasteiger partial charge in [0, 0.05) is 49.7 Å². The third-order valence-corrected chi connectivity index (χ3v) is 5.24. The van der Waals surface area contributed by atoms with Gasteiger partial charge in [-0.25, -0.2) is 4.79 Å². The van der Waals surface area contributed by atoms with Gasteiger partial charge < -0.3 is 10.2 Å². The molecule has 0 aliphatic carbocycles. The molecule has 0 spiro atoms. The van der Waals surface area contributed by atoms with Crippen LogP contribution in [0.25, 0.3) is 0 Å². The fourth-order valence-electron chi connectivity index (χ4n) is 3.74. The van der Waals surface area contributed by atoms with Crippen molar-refractivity contribution in [3.05, 3.63) is 57.8 Å². The summed E-state index contributed by atoms with van der Waals surface area (Å²) >= 11 is 0. The molecule has 1 N–H and O–H groups in total. The Morgan fingerprint density at radius 1 is 1.26 bits per heavy atom. The molecule has 1 aromatic heterocycles. The standard InChI is InChI=1S/C21H28N4O2/c1-15-6-4-5-7-19(15)24-10-8-18(14-24)13-22-20(26)9-11-25-17(3)12-16(2)23-21(25)27/h4-7,12,18H,8-11,13-14H2,1-3H3,(H,22,26). The SMILES string of the molecule is Cc1cc(C)n(CCC(=O)NCC2CCN(c3ccccc3C)C2)c(=O)n1. The van der Waals surface area contributed by atoms with Crippen molar-refractivity contribution in [1.29, 1.82) is 0 Å². The number of amides is 1. The Kier molecular flexibility index (Phi) is 5.94. The van der Waals surface area contributed by atoms with Gasteiger partial charge in [0.05, 0.1) is 0 Å². The molecule has 0 bridgehead atoms. The molecular formula is C21H28N4O2. The number of nitrogens with one attached hydrogen (secondary N) is 1. The van der Waals surface area contributed by atoms with Crippen LogP contribution in [-0.2, 0) is 11.3 Å². The molecule has 1 amide bonds. The minimum atomic E-state index is -0.287. The molecule has 1 atom stereocenters. The van der Waals surface area contributed by atoms with Crippen LogP contribution in [0.2, 0.25) is 0 Å². The summed E-state index contributed by atoms with van der Waals surface area (Å²) in [6, 6.07) is 10.3. The van der Waals surface area contributed by atoms with Crippen LogP contribution in [0.15, 0.2) is 35.1 Å². The average molecular weight is 368 g/mol. The summed E-state index contributed by atoms with van der Waals surface area (Å²) in [7, 11) is 0. The van der Waals surface area contributed by atoms with E-state index >= 15 is 0 Å². The Morgan fingerprint density at radius 3 is 2.78 bits per heavy atom. The van der Waals surface area contributed by atoms with Crippen LogP contribution in [0, 0.1) is 26.7 Å². The van der Waals surface area contributed by atoms with Crippen molar-refractivity contribution >= 4 is 11.6 Å². The predicted octanol–water partition coefficient (Wildman–Crippen LogP) is 2.20. The summed E-state index contributed by atoms with van der Waals surface area (Å²) in [5, 5.41) is 3.03. The van der Waals surface area contributed by atoms with Gasteiger partial charge in [0.15, 0.2) is 0 Å². The number of carbonyl (C=O) groups excluding carboxylic acids is 1. The van der Waals surface area contributed by atoms with Crippen molar-refractivity contribution in [2.75, 3.05) is 24.5 Å². The van der Waals surface area contributed by atoms with Crippen LogP contribution in [0.3, 0.4) is 0 Å². The van der Waals surface area contributed by atoms with E-state index in [4.69, 9.17) is 0 Å². The van der Waals surface area contributed by atoms with Gasteiger partial charge in [-0.15, -0.1) is 0 Å². The molecule has 1 aromatic carbocycles. The van der Waals surface area contributed by atoms with E-state index in [0.717, 1.165) is 25.2 Å². The van der Waals surface area contributed by atoms with Crippen LogP contribution < -0.4 is 15.9 Å². The second kappa shape index (κ2) is 8.37. The number of carbonyl (C=O) groups is 1. The van der Waals surface area contributed by atoms with Crippen LogP contribution in [-0.4, -0.2) is 35.1 Å². The van der Waals surface area contributed by atoms with Crippen molar-refractivity contribution < 1.29 is 4.79 Å². The molecule has 27 heavy (non-hydrogen) atoms. The molecule has 1 aliphatic rings. The van der Waals surface area contributed by atoms with E-state index < -0.39 is 0 Å². The summed E-state index contributed by atoms with van der Waals surface area (Å²) in [5.41, 5.74) is 3.83. The maximum Gasteiger partial charge on any atom is 0.347 e. The summed E-state index contributed by atoms with van der Waals surface area (Å²) in [4.78, 5) is 30.5. The highest BCUT2D eigenvalue weighted by atomic mass is 16.2. The topological polar surface area (TPSA) is 67.2 Å². The lowest BCUT2D eigenvalue weighted by Gasteiger charge is -2.21. The maximum atomic E-state index is 12.2. The summed E-state index contributed by atoms with van der Waals surface area (Å²) < 4.78 is 1.56. The first kappa shape index (κ1) is 19.1. The highest BCUT2D eigenvalue weighted by Gasteiger charge is 2.23. The first-order valence-electron chi connectivity index (χ1n) is 9.56. The van der Waals surface area contributed by atoms with Gasteiger partial charge >= 0.3 is 5.69 Å². The Balaban J connectivity index is 1.46. The van der Waals surface area contributed by atoms with Crippen molar-refractivity contribution in [1.82, 2.24) is 14.9 Å². The number of aromatic nitrogens is 2. The third kappa shape index (κ3) is 4.76. The number of hydrogen-bond acceptors (Lipinski definition) is 4. The van der Waals surface area contributed by atoms with Crippen LogP contribution in [0.1, 0.15) is 29.8 Å². The molecule has 0 radical (unpaired) electrons. The first-order valence-corrected chi connectivity index (χ1v) is 9.56. The monoisotopic (exact) mass is 368 g/mol. The zero-order valence-electron chi connectivity index (χ0n) is 16.4. The van der Waals surface area contributed by atoms with E-state index in [-0.39, 0.29) is 11.6 Å². The summed E-state index contributed by atoms with van der Waals surface area (Å²) in [6.07, 6.45) is 1.37. The van der Waals surface area contributed by atoms with E-state index in [1.807, 2.05) is 13.0 Å². The van der Waals surface area contributed by atoms with Crippen LogP contribution in [0.5, 0.6) is 0 Å². The van der Waals surface area contributed by atoms with E-state index in [9.17, 15) is 9.59 Å². The molecule has 1 unspecified atom stereocenters. The second-order valence-corrected chi connectivity index (χ2v) is 7.41. The van der Waals surface area contributed by atoms with Crippen molar-refractivity contribution in [3.63, 3.8) is 0 Å². The molecule has 6 heteroatoms. The molecule has 144 valence electrons. The molecule has 1 fully saturated rings. The van der Waals surface area contributed by atoms with E-state index in [0.29, 0.717) is 31.1 Å². The number of anilines is 1. The minimum Gasteiger partial charge on any atom is -0.371 e. The predicted molar refractivity (Wildman–Crippen MR) is 107 cm³/mol. The van der Waals surface area contributed by atoms with Gasteiger partial charge in [0.2, 0.25) is 5.91 Å². The Morgan fingerprint density at radius 2 is 2.04 bits per heavy atom. The zero-order valence-corrected chi connectivity index (χ0v) is 16.4. The van der Waals surface area contributed by atoms with Crippen molar-refractivity contribution in [2.45, 2.75) is 40.2 Å². The van der Waals surface area contributed by atoms with Gasteiger partial charge in [-0.3, -0.25) is 9.36 Å². The number of hydrogen-bond donors (Lipinski definition) is 1. The lowest BCUT2D eigenvalue weighted by molar-refractivity contribution is -0.121. The Bertz CT molecular complexity index is 875. The van der Waals surface area contributed by atoms with Gasteiger partial charge in [-0.2, -0.15) is 4.98 Å². The summed E-state index contributed by atoms with van der Waals surface area (Å²) in [5.74, 6) is 0.440. The zero-order chi connectivity index (χ0) is 19.4. The molecule has 1 aliphatic heterocycles. The molecule has 6 nitrogen and oxygen atoms in total.